The summed E-state index contributed by atoms with van der Waals surface area (Å²) in [5, 5.41) is 0. The lowest BCUT2D eigenvalue weighted by atomic mass is 10.1. The van der Waals surface area contributed by atoms with Crippen molar-refractivity contribution >= 4 is 12.3 Å². The number of hydrogen-bond acceptors (Lipinski definition) is 5. The molecular weight excluding hydrogens is 332 g/mol. The van der Waals surface area contributed by atoms with E-state index < -0.39 is 0 Å². The summed E-state index contributed by atoms with van der Waals surface area (Å²) in [4.78, 5) is 22.4. The number of ether oxygens (including phenoxy) is 3. The van der Waals surface area contributed by atoms with Crippen LogP contribution in [0, 0.1) is 0 Å². The van der Waals surface area contributed by atoms with E-state index in [-0.39, 0.29) is 12.3 Å². The Labute approximate surface area is 156 Å². The molecule has 0 aliphatic carbocycles. The first-order valence-electron chi connectivity index (χ1n) is 9.75. The maximum Gasteiger partial charge on any atom is 0.338 e. The summed E-state index contributed by atoms with van der Waals surface area (Å²) >= 11 is 0. The smallest absolute Gasteiger partial charge is 0.338 e. The molecule has 1 saturated heterocycles. The van der Waals surface area contributed by atoms with Crippen molar-refractivity contribution in [3.05, 3.63) is 35.4 Å². The van der Waals surface area contributed by atoms with Gasteiger partial charge in [0.2, 0.25) is 0 Å². The first kappa shape index (κ1) is 20.6. The number of benzene rings is 1. The molecule has 26 heavy (non-hydrogen) atoms. The van der Waals surface area contributed by atoms with Crippen LogP contribution in [0.15, 0.2) is 24.3 Å². The summed E-state index contributed by atoms with van der Waals surface area (Å²) in [6, 6.07) is 6.47. The summed E-state index contributed by atoms with van der Waals surface area (Å²) in [7, 11) is 0. The highest BCUT2D eigenvalue weighted by Crippen LogP contribution is 2.14. The molecule has 2 rings (SSSR count). The van der Waals surface area contributed by atoms with Crippen molar-refractivity contribution in [2.24, 2.45) is 0 Å². The molecule has 0 bridgehead atoms. The molecule has 5 nitrogen and oxygen atoms in total. The summed E-state index contributed by atoms with van der Waals surface area (Å²) in [5.41, 5.74) is 1.04. The van der Waals surface area contributed by atoms with Gasteiger partial charge in [-0.2, -0.15) is 0 Å². The molecule has 0 N–H and O–H groups in total. The summed E-state index contributed by atoms with van der Waals surface area (Å²) in [5.74, 6) is -0.329. The zero-order chi connectivity index (χ0) is 18.5. The number of carbonyl (C=O) groups excluding carboxylic acids is 2. The van der Waals surface area contributed by atoms with E-state index in [1.165, 1.54) is 12.8 Å². The second-order valence-electron chi connectivity index (χ2n) is 6.66. The highest BCUT2D eigenvalue weighted by Gasteiger charge is 2.13. The van der Waals surface area contributed by atoms with Gasteiger partial charge in [0.15, 0.2) is 6.29 Å². The van der Waals surface area contributed by atoms with Crippen LogP contribution >= 0.6 is 0 Å². The topological polar surface area (TPSA) is 61.8 Å². The summed E-state index contributed by atoms with van der Waals surface area (Å²) in [6.45, 7) is 2.06. The second kappa shape index (κ2) is 12.6. The van der Waals surface area contributed by atoms with Gasteiger partial charge in [0, 0.05) is 18.8 Å². The van der Waals surface area contributed by atoms with Crippen molar-refractivity contribution in [3.63, 3.8) is 0 Å². The molecule has 1 fully saturated rings. The van der Waals surface area contributed by atoms with Gasteiger partial charge in [-0.15, -0.1) is 0 Å². The van der Waals surface area contributed by atoms with Gasteiger partial charge in [0.25, 0.3) is 0 Å². The zero-order valence-corrected chi connectivity index (χ0v) is 15.5. The molecule has 5 heteroatoms. The average Bonchev–Trinajstić information content (AvgIpc) is 2.70. The maximum absolute atomic E-state index is 11.8. The monoisotopic (exact) mass is 362 g/mol. The molecule has 1 heterocycles. The van der Waals surface area contributed by atoms with Gasteiger partial charge in [0.05, 0.1) is 12.2 Å². The van der Waals surface area contributed by atoms with Gasteiger partial charge in [-0.1, -0.05) is 37.8 Å². The number of carbonyl (C=O) groups is 2. The number of esters is 1. The predicted molar refractivity (Wildman–Crippen MR) is 99.4 cm³/mol. The number of aldehydes is 1. The first-order valence-corrected chi connectivity index (χ1v) is 9.75. The Hall–Kier alpha value is -1.72. The Morgan fingerprint density at radius 1 is 1.00 bits per heavy atom. The van der Waals surface area contributed by atoms with E-state index in [4.69, 9.17) is 14.2 Å². The molecule has 1 aromatic rings. The van der Waals surface area contributed by atoms with Gasteiger partial charge in [-0.25, -0.2) is 4.79 Å². The van der Waals surface area contributed by atoms with E-state index in [0.29, 0.717) is 17.7 Å². The van der Waals surface area contributed by atoms with Crippen LogP contribution in [0.4, 0.5) is 0 Å². The van der Waals surface area contributed by atoms with Gasteiger partial charge < -0.3 is 14.2 Å². The van der Waals surface area contributed by atoms with Crippen LogP contribution in [0.2, 0.25) is 0 Å². The van der Waals surface area contributed by atoms with Crippen LogP contribution in [0.25, 0.3) is 0 Å². The first-order chi connectivity index (χ1) is 12.8. The molecule has 0 amide bonds. The molecule has 1 aliphatic heterocycles. The minimum atomic E-state index is -0.329. The molecule has 0 radical (unpaired) electrons. The van der Waals surface area contributed by atoms with Crippen molar-refractivity contribution in [2.45, 2.75) is 64.1 Å². The van der Waals surface area contributed by atoms with Gasteiger partial charge >= 0.3 is 5.97 Å². The number of rotatable bonds is 12. The van der Waals surface area contributed by atoms with Crippen LogP contribution in [-0.2, 0) is 14.2 Å². The number of unbranched alkanes of at least 4 members (excludes halogenated alkanes) is 5. The third-order valence-electron chi connectivity index (χ3n) is 4.50. The molecule has 1 aliphatic rings. The van der Waals surface area contributed by atoms with Crippen LogP contribution in [-0.4, -0.2) is 38.4 Å². The average molecular weight is 362 g/mol. The molecule has 0 spiro atoms. The molecule has 0 aromatic heterocycles. The van der Waals surface area contributed by atoms with Gasteiger partial charge in [-0.3, -0.25) is 4.79 Å². The minimum Gasteiger partial charge on any atom is -0.462 e. The highest BCUT2D eigenvalue weighted by molar-refractivity contribution is 5.90. The van der Waals surface area contributed by atoms with Crippen LogP contribution < -0.4 is 0 Å². The Morgan fingerprint density at radius 3 is 2.35 bits per heavy atom. The van der Waals surface area contributed by atoms with Crippen LogP contribution in [0.1, 0.15) is 78.5 Å². The molecule has 0 saturated carbocycles. The maximum atomic E-state index is 11.8. The van der Waals surface area contributed by atoms with E-state index in [1.807, 2.05) is 0 Å². The van der Waals surface area contributed by atoms with E-state index in [1.54, 1.807) is 24.3 Å². The van der Waals surface area contributed by atoms with Crippen LogP contribution in [0.3, 0.4) is 0 Å². The van der Waals surface area contributed by atoms with Crippen molar-refractivity contribution in [3.8, 4) is 0 Å². The summed E-state index contributed by atoms with van der Waals surface area (Å²) in [6.07, 6.45) is 10.7. The molecule has 144 valence electrons. The van der Waals surface area contributed by atoms with Crippen molar-refractivity contribution in [1.82, 2.24) is 0 Å². The molecule has 1 aromatic carbocycles. The highest BCUT2D eigenvalue weighted by atomic mass is 16.7. The third kappa shape index (κ3) is 8.11. The normalized spacial score (nSPS) is 17.0. The van der Waals surface area contributed by atoms with E-state index in [0.717, 1.165) is 64.4 Å². The van der Waals surface area contributed by atoms with Crippen molar-refractivity contribution in [2.75, 3.05) is 19.8 Å². The quantitative estimate of drug-likeness (QED) is 0.310. The Balaban J connectivity index is 1.40. The van der Waals surface area contributed by atoms with Crippen molar-refractivity contribution < 1.29 is 23.8 Å². The lowest BCUT2D eigenvalue weighted by molar-refractivity contribution is -0.162. The lowest BCUT2D eigenvalue weighted by Crippen LogP contribution is -2.22. The van der Waals surface area contributed by atoms with Gasteiger partial charge in [0.1, 0.15) is 6.29 Å². The largest absolute Gasteiger partial charge is 0.462 e. The van der Waals surface area contributed by atoms with Crippen LogP contribution in [0.5, 0.6) is 0 Å². The Kier molecular flexibility index (Phi) is 9.98. The van der Waals surface area contributed by atoms with Crippen molar-refractivity contribution in [1.29, 1.82) is 0 Å². The Bertz CT molecular complexity index is 520. The zero-order valence-electron chi connectivity index (χ0n) is 15.5. The molecule has 1 atom stereocenters. The molecular formula is C21H30O5. The fraction of sp³-hybridized carbons (Fsp3) is 0.619. The predicted octanol–water partition coefficient (Wildman–Crippen LogP) is 4.54. The van der Waals surface area contributed by atoms with E-state index in [9.17, 15) is 9.59 Å². The lowest BCUT2D eigenvalue weighted by Gasteiger charge is -2.22. The second-order valence-corrected chi connectivity index (χ2v) is 6.66. The molecule has 1 unspecified atom stereocenters. The SMILES string of the molecule is O=Cc1ccc(C(=O)OCCCCCCCCOC2CCCCO2)cc1. The Morgan fingerprint density at radius 2 is 1.69 bits per heavy atom. The minimum absolute atomic E-state index is 0.0214. The standard InChI is InChI=1S/C21H30O5/c22-17-18-10-12-19(13-11-18)21(23)26-16-7-4-2-1-3-6-14-24-20-9-5-8-15-25-20/h10-13,17,20H,1-9,14-16H2. The van der Waals surface area contributed by atoms with E-state index >= 15 is 0 Å². The number of hydrogen-bond donors (Lipinski definition) is 0. The third-order valence-corrected chi connectivity index (χ3v) is 4.50. The van der Waals surface area contributed by atoms with E-state index in [2.05, 4.69) is 0 Å². The fourth-order valence-electron chi connectivity index (χ4n) is 2.91. The van der Waals surface area contributed by atoms with Gasteiger partial charge in [-0.05, 0) is 44.2 Å². The summed E-state index contributed by atoms with van der Waals surface area (Å²) < 4.78 is 16.5. The fourth-order valence-corrected chi connectivity index (χ4v) is 2.91.